The van der Waals surface area contributed by atoms with E-state index < -0.39 is 0 Å². The highest BCUT2D eigenvalue weighted by Crippen LogP contribution is 2.29. The molecule has 0 radical (unpaired) electrons. The second-order valence-electron chi connectivity index (χ2n) is 7.35. The molecular weight excluding hydrogens is 440 g/mol. The summed E-state index contributed by atoms with van der Waals surface area (Å²) in [5.41, 5.74) is 3.05. The number of thiazole rings is 1. The Bertz CT molecular complexity index is 1380. The molecule has 158 valence electrons. The third-order valence-electron chi connectivity index (χ3n) is 5.40. The average Bonchev–Trinajstić information content (AvgIpc) is 3.62. The van der Waals surface area contributed by atoms with Crippen LogP contribution in [0.5, 0.6) is 0 Å². The molecule has 0 atom stereocenters. The second-order valence-corrected chi connectivity index (χ2v) is 9.33. The maximum atomic E-state index is 12.7. The first-order valence-electron chi connectivity index (χ1n) is 10.1. The second kappa shape index (κ2) is 8.49. The zero-order chi connectivity index (χ0) is 22.1. The number of nitrogens with one attached hydrogen (secondary N) is 1. The predicted octanol–water partition coefficient (Wildman–Crippen LogP) is 4.73. The van der Waals surface area contributed by atoms with E-state index in [1.165, 1.54) is 28.7 Å². The van der Waals surface area contributed by atoms with Crippen LogP contribution in [0.3, 0.4) is 0 Å². The summed E-state index contributed by atoms with van der Waals surface area (Å²) in [5, 5.41) is 20.9. The van der Waals surface area contributed by atoms with Gasteiger partial charge in [0.05, 0.1) is 27.7 Å². The number of nitriles is 1. The summed E-state index contributed by atoms with van der Waals surface area (Å²) in [7, 11) is 0. The Hall–Kier alpha value is -3.61. The summed E-state index contributed by atoms with van der Waals surface area (Å²) in [4.78, 5) is 24.6. The van der Waals surface area contributed by atoms with Crippen LogP contribution in [0.4, 0.5) is 0 Å². The van der Waals surface area contributed by atoms with Crippen LogP contribution >= 0.6 is 22.7 Å². The van der Waals surface area contributed by atoms with E-state index in [9.17, 15) is 10.1 Å². The maximum Gasteiger partial charge on any atom is 0.263 e. The number of imidazole rings is 1. The topological polar surface area (TPSA) is 98.1 Å². The fourth-order valence-electron chi connectivity index (χ4n) is 3.81. The van der Waals surface area contributed by atoms with Crippen LogP contribution in [0.25, 0.3) is 21.9 Å². The standard InChI is InChI=1S/C23H18N6OS2/c24-8-7-16(21(25)18-4-5-19(32-18)23(30)28-10-1-2-11-28)15-3-6-20-27-13-17(29(20)14-15)22-26-9-12-31-22/h3-7,9,12-14,25H,1-2,10-11H2/b16-7-,25-21?. The number of allylic oxidation sites excluding steroid dienone is 2. The van der Waals surface area contributed by atoms with Gasteiger partial charge in [0.25, 0.3) is 5.91 Å². The Labute approximate surface area is 192 Å². The average molecular weight is 459 g/mol. The fraction of sp³-hybridized carbons (Fsp3) is 0.174. The number of carbonyl (C=O) groups excluding carboxylic acids is 1. The Kier molecular flexibility index (Phi) is 5.39. The lowest BCUT2D eigenvalue weighted by Crippen LogP contribution is -2.26. The maximum absolute atomic E-state index is 12.7. The number of rotatable bonds is 5. The minimum Gasteiger partial charge on any atom is -0.338 e. The van der Waals surface area contributed by atoms with Crippen LogP contribution in [0.15, 0.2) is 54.3 Å². The third kappa shape index (κ3) is 3.64. The van der Waals surface area contributed by atoms with Gasteiger partial charge in [-0.05, 0) is 37.1 Å². The normalized spacial score (nSPS) is 14.1. The van der Waals surface area contributed by atoms with Gasteiger partial charge >= 0.3 is 0 Å². The smallest absolute Gasteiger partial charge is 0.263 e. The molecule has 1 N–H and O–H groups in total. The Morgan fingerprint density at radius 3 is 2.72 bits per heavy atom. The highest BCUT2D eigenvalue weighted by molar-refractivity contribution is 7.16. The molecule has 5 rings (SSSR count). The van der Waals surface area contributed by atoms with Crippen molar-refractivity contribution in [2.24, 2.45) is 0 Å². The number of thiophene rings is 1. The van der Waals surface area contributed by atoms with Crippen molar-refractivity contribution < 1.29 is 4.79 Å². The van der Waals surface area contributed by atoms with Crippen LogP contribution in [-0.4, -0.2) is 44.0 Å². The van der Waals surface area contributed by atoms with Crippen molar-refractivity contribution in [2.75, 3.05) is 13.1 Å². The van der Waals surface area contributed by atoms with Gasteiger partial charge in [0.1, 0.15) is 16.3 Å². The van der Waals surface area contributed by atoms with Crippen molar-refractivity contribution in [1.82, 2.24) is 19.3 Å². The Morgan fingerprint density at radius 2 is 1.97 bits per heavy atom. The van der Waals surface area contributed by atoms with Gasteiger partial charge < -0.3 is 4.90 Å². The van der Waals surface area contributed by atoms with Crippen molar-refractivity contribution >= 4 is 45.5 Å². The molecule has 4 aromatic rings. The zero-order valence-corrected chi connectivity index (χ0v) is 18.6. The molecule has 4 aromatic heterocycles. The van der Waals surface area contributed by atoms with E-state index in [-0.39, 0.29) is 11.6 Å². The van der Waals surface area contributed by atoms with Gasteiger partial charge in [-0.1, -0.05) is 0 Å². The molecular formula is C23H18N6OS2. The Balaban J connectivity index is 1.49. The molecule has 0 unspecified atom stereocenters. The summed E-state index contributed by atoms with van der Waals surface area (Å²) in [6.07, 6.45) is 8.85. The minimum atomic E-state index is 0.0188. The van der Waals surface area contributed by atoms with Crippen LogP contribution < -0.4 is 0 Å². The predicted molar refractivity (Wildman–Crippen MR) is 126 cm³/mol. The van der Waals surface area contributed by atoms with Crippen molar-refractivity contribution in [3.05, 3.63) is 69.6 Å². The molecule has 0 saturated carbocycles. The molecule has 32 heavy (non-hydrogen) atoms. The lowest BCUT2D eigenvalue weighted by molar-refractivity contribution is 0.0797. The van der Waals surface area contributed by atoms with Crippen LogP contribution in [0.2, 0.25) is 0 Å². The number of amides is 1. The number of hydrogen-bond acceptors (Lipinski definition) is 7. The molecule has 0 aromatic carbocycles. The van der Waals surface area contributed by atoms with E-state index in [0.717, 1.165) is 47.8 Å². The van der Waals surface area contributed by atoms with Gasteiger partial charge in [0.2, 0.25) is 0 Å². The highest BCUT2D eigenvalue weighted by Gasteiger charge is 2.22. The lowest BCUT2D eigenvalue weighted by atomic mass is 10.0. The monoisotopic (exact) mass is 458 g/mol. The number of hydrogen-bond donors (Lipinski definition) is 1. The molecule has 1 aliphatic heterocycles. The first kappa shape index (κ1) is 20.3. The van der Waals surface area contributed by atoms with E-state index in [4.69, 9.17) is 5.41 Å². The van der Waals surface area contributed by atoms with Crippen molar-refractivity contribution in [3.63, 3.8) is 0 Å². The molecule has 1 saturated heterocycles. The molecule has 0 bridgehead atoms. The summed E-state index contributed by atoms with van der Waals surface area (Å²) in [6, 6.07) is 9.35. The third-order valence-corrected chi connectivity index (χ3v) is 7.29. The van der Waals surface area contributed by atoms with E-state index in [1.54, 1.807) is 24.5 Å². The summed E-state index contributed by atoms with van der Waals surface area (Å²) < 4.78 is 1.92. The summed E-state index contributed by atoms with van der Waals surface area (Å²) in [6.45, 7) is 1.57. The molecule has 0 aliphatic carbocycles. The van der Waals surface area contributed by atoms with E-state index in [2.05, 4.69) is 16.0 Å². The summed E-state index contributed by atoms with van der Waals surface area (Å²) in [5.74, 6) is 0.0188. The van der Waals surface area contributed by atoms with Crippen LogP contribution in [0, 0.1) is 16.7 Å². The van der Waals surface area contributed by atoms with Crippen molar-refractivity contribution in [1.29, 1.82) is 10.7 Å². The number of aromatic nitrogens is 3. The molecule has 1 fully saturated rings. The van der Waals surface area contributed by atoms with Crippen LogP contribution in [-0.2, 0) is 0 Å². The van der Waals surface area contributed by atoms with Gasteiger partial charge in [-0.3, -0.25) is 14.6 Å². The molecule has 1 amide bonds. The van der Waals surface area contributed by atoms with Crippen molar-refractivity contribution in [3.8, 4) is 16.8 Å². The lowest BCUT2D eigenvalue weighted by Gasteiger charge is -2.13. The molecule has 0 spiro atoms. The van der Waals surface area contributed by atoms with E-state index in [1.807, 2.05) is 33.0 Å². The minimum absolute atomic E-state index is 0.0188. The molecule has 9 heteroatoms. The fourth-order valence-corrected chi connectivity index (χ4v) is 5.39. The van der Waals surface area contributed by atoms with Gasteiger partial charge in [-0.2, -0.15) is 5.26 Å². The molecule has 1 aliphatic rings. The van der Waals surface area contributed by atoms with Gasteiger partial charge in [0.15, 0.2) is 0 Å². The van der Waals surface area contributed by atoms with Crippen LogP contribution in [0.1, 0.15) is 33.0 Å². The van der Waals surface area contributed by atoms with Crippen molar-refractivity contribution in [2.45, 2.75) is 12.8 Å². The molecule has 7 nitrogen and oxygen atoms in total. The Morgan fingerprint density at radius 1 is 1.16 bits per heavy atom. The first-order valence-corrected chi connectivity index (χ1v) is 11.8. The number of pyridine rings is 1. The number of likely N-dealkylation sites (tertiary alicyclic amines) is 1. The largest absolute Gasteiger partial charge is 0.338 e. The zero-order valence-electron chi connectivity index (χ0n) is 17.0. The summed E-state index contributed by atoms with van der Waals surface area (Å²) >= 11 is 2.82. The van der Waals surface area contributed by atoms with Gasteiger partial charge in [-0.25, -0.2) is 9.97 Å². The SMILES string of the molecule is N#C/C=C(\C(=N)c1ccc(C(=O)N2CCCC2)s1)c1ccc2ncc(-c3nccs3)n2c1. The molecule has 5 heterocycles. The van der Waals surface area contributed by atoms with Gasteiger partial charge in [-0.15, -0.1) is 22.7 Å². The highest BCUT2D eigenvalue weighted by atomic mass is 32.1. The number of fused-ring (bicyclic) bond motifs is 1. The first-order chi connectivity index (χ1) is 15.7. The number of carbonyl (C=O) groups is 1. The van der Waals surface area contributed by atoms with E-state index >= 15 is 0 Å². The van der Waals surface area contributed by atoms with E-state index in [0.29, 0.717) is 15.3 Å². The quantitative estimate of drug-likeness (QED) is 0.345. The van der Waals surface area contributed by atoms with Gasteiger partial charge in [0, 0.05) is 48.1 Å². The number of nitrogens with zero attached hydrogens (tertiary/aromatic N) is 5.